The Morgan fingerprint density at radius 1 is 1.15 bits per heavy atom. The number of carbonyl (C=O) groups is 2. The van der Waals surface area contributed by atoms with Crippen LogP contribution in [0.1, 0.15) is 0 Å². The Hall–Kier alpha value is -1.84. The zero-order valence-electron chi connectivity index (χ0n) is 6.99. The van der Waals surface area contributed by atoms with E-state index >= 15 is 0 Å². The molecule has 0 fully saturated rings. The second kappa shape index (κ2) is 3.71. The monoisotopic (exact) mass is 182 g/mol. The maximum absolute atomic E-state index is 10.8. The van der Waals surface area contributed by atoms with Crippen LogP contribution in [-0.2, 0) is 9.59 Å². The molecule has 0 aliphatic heterocycles. The zero-order chi connectivity index (χ0) is 10.6. The molecular formula is C9H10O4. The Morgan fingerprint density at radius 3 is 1.62 bits per heavy atom. The standard InChI is InChI=1S/C9H10O4/c1-4-9(5-2,8(12)13)6(3)7(10)11/h4-5H,1-3H2,(H,10,11)(H,12,13). The third kappa shape index (κ3) is 1.66. The third-order valence-corrected chi connectivity index (χ3v) is 1.76. The van der Waals surface area contributed by atoms with Gasteiger partial charge in [0.25, 0.3) is 0 Å². The third-order valence-electron chi connectivity index (χ3n) is 1.76. The molecule has 0 aromatic heterocycles. The van der Waals surface area contributed by atoms with Crippen LogP contribution in [0, 0.1) is 5.41 Å². The quantitative estimate of drug-likeness (QED) is 0.492. The normalized spacial score (nSPS) is 10.2. The fraction of sp³-hybridized carbons (Fsp3) is 0.111. The molecule has 0 spiro atoms. The van der Waals surface area contributed by atoms with Crippen LogP contribution in [-0.4, -0.2) is 22.2 Å². The van der Waals surface area contributed by atoms with Crippen LogP contribution in [0.15, 0.2) is 37.5 Å². The number of hydrogen-bond donors (Lipinski definition) is 2. The van der Waals surface area contributed by atoms with E-state index in [9.17, 15) is 9.59 Å². The highest BCUT2D eigenvalue weighted by Gasteiger charge is 2.38. The van der Waals surface area contributed by atoms with Gasteiger partial charge in [0, 0.05) is 0 Å². The van der Waals surface area contributed by atoms with E-state index in [-0.39, 0.29) is 0 Å². The highest BCUT2D eigenvalue weighted by atomic mass is 16.4. The van der Waals surface area contributed by atoms with Gasteiger partial charge < -0.3 is 10.2 Å². The average molecular weight is 182 g/mol. The fourth-order valence-electron chi connectivity index (χ4n) is 0.810. The summed E-state index contributed by atoms with van der Waals surface area (Å²) < 4.78 is 0. The molecule has 0 saturated heterocycles. The summed E-state index contributed by atoms with van der Waals surface area (Å²) in [6.07, 6.45) is 1.97. The molecule has 0 rings (SSSR count). The minimum absolute atomic E-state index is 0.481. The van der Waals surface area contributed by atoms with Crippen molar-refractivity contribution < 1.29 is 19.8 Å². The molecule has 0 aromatic carbocycles. The minimum atomic E-state index is -1.79. The Kier molecular flexibility index (Phi) is 3.18. The molecule has 0 bridgehead atoms. The summed E-state index contributed by atoms with van der Waals surface area (Å²) in [6, 6.07) is 0. The average Bonchev–Trinajstić information content (AvgIpc) is 2.06. The molecule has 2 N–H and O–H groups in total. The molecule has 0 radical (unpaired) electrons. The summed E-state index contributed by atoms with van der Waals surface area (Å²) in [6.45, 7) is 9.67. The maximum atomic E-state index is 10.8. The van der Waals surface area contributed by atoms with Crippen LogP contribution in [0.2, 0.25) is 0 Å². The first-order chi connectivity index (χ1) is 5.92. The Balaban J connectivity index is 5.35. The van der Waals surface area contributed by atoms with Crippen LogP contribution >= 0.6 is 0 Å². The summed E-state index contributed by atoms with van der Waals surface area (Å²) in [5, 5.41) is 17.3. The molecule has 70 valence electrons. The molecule has 0 heterocycles. The van der Waals surface area contributed by atoms with Crippen molar-refractivity contribution in [2.24, 2.45) is 5.41 Å². The van der Waals surface area contributed by atoms with Gasteiger partial charge in [0.15, 0.2) is 0 Å². The lowest BCUT2D eigenvalue weighted by atomic mass is 9.81. The molecule has 0 aromatic rings. The lowest BCUT2D eigenvalue weighted by Gasteiger charge is -2.20. The first-order valence-corrected chi connectivity index (χ1v) is 3.35. The van der Waals surface area contributed by atoms with E-state index in [0.717, 1.165) is 12.2 Å². The number of carboxylic acid groups (broad SMARTS) is 2. The van der Waals surface area contributed by atoms with Crippen molar-refractivity contribution in [2.75, 3.05) is 0 Å². The summed E-state index contributed by atoms with van der Waals surface area (Å²) in [4.78, 5) is 21.3. The minimum Gasteiger partial charge on any atom is -0.480 e. The molecular weight excluding hydrogens is 172 g/mol. The molecule has 0 aliphatic carbocycles. The Bertz CT molecular complexity index is 280. The van der Waals surface area contributed by atoms with Gasteiger partial charge in [0.2, 0.25) is 0 Å². The van der Waals surface area contributed by atoms with E-state index in [1.165, 1.54) is 0 Å². The first kappa shape index (κ1) is 11.2. The predicted molar refractivity (Wildman–Crippen MR) is 47.2 cm³/mol. The van der Waals surface area contributed by atoms with Crippen LogP contribution in [0.3, 0.4) is 0 Å². The van der Waals surface area contributed by atoms with Gasteiger partial charge in [-0.1, -0.05) is 18.7 Å². The first-order valence-electron chi connectivity index (χ1n) is 3.35. The van der Waals surface area contributed by atoms with Gasteiger partial charge in [-0.05, 0) is 0 Å². The maximum Gasteiger partial charge on any atom is 0.332 e. The molecule has 13 heavy (non-hydrogen) atoms. The molecule has 0 amide bonds. The van der Waals surface area contributed by atoms with Gasteiger partial charge in [-0.2, -0.15) is 0 Å². The largest absolute Gasteiger partial charge is 0.480 e. The van der Waals surface area contributed by atoms with Crippen LogP contribution in [0.25, 0.3) is 0 Å². The summed E-state index contributed by atoms with van der Waals surface area (Å²) in [7, 11) is 0. The summed E-state index contributed by atoms with van der Waals surface area (Å²) in [5.41, 5.74) is -2.27. The van der Waals surface area contributed by atoms with Crippen molar-refractivity contribution in [3.63, 3.8) is 0 Å². The number of rotatable bonds is 5. The van der Waals surface area contributed by atoms with E-state index in [2.05, 4.69) is 19.7 Å². The van der Waals surface area contributed by atoms with Gasteiger partial charge in [-0.25, -0.2) is 4.79 Å². The highest BCUT2D eigenvalue weighted by Crippen LogP contribution is 2.29. The zero-order valence-corrected chi connectivity index (χ0v) is 6.99. The number of hydrogen-bond acceptors (Lipinski definition) is 2. The van der Waals surface area contributed by atoms with Crippen LogP contribution in [0.4, 0.5) is 0 Å². The van der Waals surface area contributed by atoms with Gasteiger partial charge in [0.1, 0.15) is 5.41 Å². The second-order valence-corrected chi connectivity index (χ2v) is 2.37. The van der Waals surface area contributed by atoms with Gasteiger partial charge in [-0.15, -0.1) is 13.2 Å². The van der Waals surface area contributed by atoms with E-state index < -0.39 is 22.9 Å². The van der Waals surface area contributed by atoms with Crippen molar-refractivity contribution in [3.8, 4) is 0 Å². The fourth-order valence-corrected chi connectivity index (χ4v) is 0.810. The molecule has 4 nitrogen and oxygen atoms in total. The van der Waals surface area contributed by atoms with Gasteiger partial charge in [-0.3, -0.25) is 4.79 Å². The van der Waals surface area contributed by atoms with Crippen molar-refractivity contribution in [1.82, 2.24) is 0 Å². The molecule has 0 aliphatic rings. The number of carboxylic acids is 2. The van der Waals surface area contributed by atoms with E-state index in [1.807, 2.05) is 0 Å². The van der Waals surface area contributed by atoms with Crippen molar-refractivity contribution in [3.05, 3.63) is 37.5 Å². The smallest absolute Gasteiger partial charge is 0.332 e. The lowest BCUT2D eigenvalue weighted by molar-refractivity contribution is -0.145. The topological polar surface area (TPSA) is 74.6 Å². The highest BCUT2D eigenvalue weighted by molar-refractivity contribution is 5.98. The van der Waals surface area contributed by atoms with Crippen molar-refractivity contribution in [1.29, 1.82) is 0 Å². The summed E-state index contributed by atoms with van der Waals surface area (Å²) >= 11 is 0. The molecule has 0 saturated carbocycles. The van der Waals surface area contributed by atoms with E-state index in [1.54, 1.807) is 0 Å². The van der Waals surface area contributed by atoms with Crippen molar-refractivity contribution in [2.45, 2.75) is 0 Å². The number of aliphatic carboxylic acids is 2. The van der Waals surface area contributed by atoms with Crippen LogP contribution in [0.5, 0.6) is 0 Å². The SMILES string of the molecule is C=CC(C=C)(C(=C)C(=O)O)C(=O)O. The Labute approximate surface area is 75.5 Å². The second-order valence-electron chi connectivity index (χ2n) is 2.37. The lowest BCUT2D eigenvalue weighted by Crippen LogP contribution is -2.31. The summed E-state index contributed by atoms with van der Waals surface area (Å²) in [5.74, 6) is -2.74. The predicted octanol–water partition coefficient (Wildman–Crippen LogP) is 1.07. The Morgan fingerprint density at radius 2 is 1.54 bits per heavy atom. The van der Waals surface area contributed by atoms with Crippen molar-refractivity contribution >= 4 is 11.9 Å². The van der Waals surface area contributed by atoms with E-state index in [0.29, 0.717) is 0 Å². The van der Waals surface area contributed by atoms with Gasteiger partial charge >= 0.3 is 11.9 Å². The molecule has 0 unspecified atom stereocenters. The molecule has 0 atom stereocenters. The molecule has 4 heteroatoms. The van der Waals surface area contributed by atoms with Crippen LogP contribution < -0.4 is 0 Å². The van der Waals surface area contributed by atoms with E-state index in [4.69, 9.17) is 10.2 Å². The van der Waals surface area contributed by atoms with Gasteiger partial charge in [0.05, 0.1) is 5.57 Å².